The van der Waals surface area contributed by atoms with Crippen molar-refractivity contribution in [1.29, 1.82) is 0 Å². The first-order chi connectivity index (χ1) is 11.0. The van der Waals surface area contributed by atoms with E-state index in [-0.39, 0.29) is 18.6 Å². The molecular formula is C17H19NO4S. The number of thiophene rings is 1. The molecule has 0 aliphatic rings. The molecule has 1 heterocycles. The molecule has 1 amide bonds. The van der Waals surface area contributed by atoms with Crippen LogP contribution >= 0.6 is 11.3 Å². The molecule has 0 spiro atoms. The Kier molecular flexibility index (Phi) is 5.76. The van der Waals surface area contributed by atoms with Crippen molar-refractivity contribution in [3.8, 4) is 5.75 Å². The van der Waals surface area contributed by atoms with Gasteiger partial charge in [-0.25, -0.2) is 4.79 Å². The lowest BCUT2D eigenvalue weighted by atomic mass is 10.1. The Labute approximate surface area is 139 Å². The van der Waals surface area contributed by atoms with Crippen molar-refractivity contribution in [1.82, 2.24) is 5.32 Å². The number of esters is 1. The molecule has 0 radical (unpaired) electrons. The van der Waals surface area contributed by atoms with Crippen molar-refractivity contribution in [2.45, 2.75) is 19.9 Å². The molecule has 6 heteroatoms. The number of methoxy groups -OCH3 is 1. The molecule has 0 saturated heterocycles. The van der Waals surface area contributed by atoms with E-state index < -0.39 is 5.97 Å². The lowest BCUT2D eigenvalue weighted by Crippen LogP contribution is -2.31. The summed E-state index contributed by atoms with van der Waals surface area (Å²) in [4.78, 5) is 25.2. The molecular weight excluding hydrogens is 314 g/mol. The van der Waals surface area contributed by atoms with Gasteiger partial charge in [-0.3, -0.25) is 4.79 Å². The van der Waals surface area contributed by atoms with Crippen LogP contribution in [-0.4, -0.2) is 25.6 Å². The number of carbonyl (C=O) groups is 2. The first kappa shape index (κ1) is 17.0. The minimum absolute atomic E-state index is 0.208. The van der Waals surface area contributed by atoms with Gasteiger partial charge in [-0.05, 0) is 43.7 Å². The molecule has 2 rings (SSSR count). The molecule has 0 aliphatic carbocycles. The van der Waals surface area contributed by atoms with Gasteiger partial charge in [0.2, 0.25) is 0 Å². The summed E-state index contributed by atoms with van der Waals surface area (Å²) < 4.78 is 10.2. The second-order valence-electron chi connectivity index (χ2n) is 5.05. The largest absolute Gasteiger partial charge is 0.497 e. The zero-order valence-corrected chi connectivity index (χ0v) is 14.1. The quantitative estimate of drug-likeness (QED) is 0.825. The van der Waals surface area contributed by atoms with Gasteiger partial charge in [0.05, 0.1) is 13.2 Å². The molecule has 0 fully saturated rings. The minimum Gasteiger partial charge on any atom is -0.497 e. The van der Waals surface area contributed by atoms with E-state index in [4.69, 9.17) is 9.47 Å². The predicted molar refractivity (Wildman–Crippen MR) is 88.9 cm³/mol. The average Bonchev–Trinajstić information content (AvgIpc) is 2.99. The summed E-state index contributed by atoms with van der Waals surface area (Å²) in [6.45, 7) is 3.46. The zero-order valence-electron chi connectivity index (χ0n) is 13.3. The highest BCUT2D eigenvalue weighted by Crippen LogP contribution is 2.19. The number of aryl methyl sites for hydroxylation is 1. The van der Waals surface area contributed by atoms with Gasteiger partial charge >= 0.3 is 5.97 Å². The summed E-state index contributed by atoms with van der Waals surface area (Å²) in [5, 5.41) is 2.79. The first-order valence-corrected chi connectivity index (χ1v) is 7.98. The third kappa shape index (κ3) is 4.82. The topological polar surface area (TPSA) is 64.6 Å². The van der Waals surface area contributed by atoms with E-state index in [2.05, 4.69) is 5.32 Å². The van der Waals surface area contributed by atoms with Crippen LogP contribution in [0.3, 0.4) is 0 Å². The number of rotatable bonds is 6. The lowest BCUT2D eigenvalue weighted by molar-refractivity contribution is -0.124. The standard InChI is InChI=1S/C17H19NO4S/c1-11-7-8-15(23-11)17(20)22-10-16(19)18-12(2)13-5-4-6-14(9-13)21-3/h4-9,12H,10H2,1-3H3,(H,18,19)/t12-/m0/s1. The number of carbonyl (C=O) groups excluding carboxylic acids is 2. The maximum Gasteiger partial charge on any atom is 0.348 e. The third-order valence-electron chi connectivity index (χ3n) is 3.25. The normalized spacial score (nSPS) is 11.6. The fourth-order valence-corrected chi connectivity index (χ4v) is 2.79. The molecule has 1 aromatic carbocycles. The molecule has 23 heavy (non-hydrogen) atoms. The Balaban J connectivity index is 1.85. The molecule has 1 atom stereocenters. The molecule has 0 aliphatic heterocycles. The van der Waals surface area contributed by atoms with Crippen LogP contribution in [-0.2, 0) is 9.53 Å². The van der Waals surface area contributed by atoms with Crippen LogP contribution in [0.25, 0.3) is 0 Å². The molecule has 122 valence electrons. The second-order valence-corrected chi connectivity index (χ2v) is 6.34. The van der Waals surface area contributed by atoms with Crippen molar-refractivity contribution in [3.63, 3.8) is 0 Å². The zero-order chi connectivity index (χ0) is 16.8. The maximum atomic E-state index is 11.9. The summed E-state index contributed by atoms with van der Waals surface area (Å²) in [7, 11) is 1.59. The van der Waals surface area contributed by atoms with Crippen LogP contribution < -0.4 is 10.1 Å². The van der Waals surface area contributed by atoms with Crippen LogP contribution in [0.5, 0.6) is 5.75 Å². The second kappa shape index (κ2) is 7.78. The number of nitrogens with one attached hydrogen (secondary N) is 1. The van der Waals surface area contributed by atoms with Gasteiger partial charge in [-0.15, -0.1) is 11.3 Å². The summed E-state index contributed by atoms with van der Waals surface area (Å²) >= 11 is 1.34. The van der Waals surface area contributed by atoms with Gasteiger partial charge < -0.3 is 14.8 Å². The lowest BCUT2D eigenvalue weighted by Gasteiger charge is -2.15. The van der Waals surface area contributed by atoms with Crippen LogP contribution in [0.2, 0.25) is 0 Å². The molecule has 0 bridgehead atoms. The van der Waals surface area contributed by atoms with E-state index in [1.165, 1.54) is 11.3 Å². The van der Waals surface area contributed by atoms with Crippen LogP contribution in [0.4, 0.5) is 0 Å². The summed E-state index contributed by atoms with van der Waals surface area (Å²) in [6, 6.07) is 10.8. The Bertz CT molecular complexity index is 695. The SMILES string of the molecule is COc1cccc([C@H](C)NC(=O)COC(=O)c2ccc(C)s2)c1. The molecule has 1 aromatic heterocycles. The van der Waals surface area contributed by atoms with Crippen molar-refractivity contribution >= 4 is 23.2 Å². The van der Waals surface area contributed by atoms with Gasteiger partial charge in [0.15, 0.2) is 6.61 Å². The fraction of sp³-hybridized carbons (Fsp3) is 0.294. The summed E-state index contributed by atoms with van der Waals surface area (Å²) in [6.07, 6.45) is 0. The predicted octanol–water partition coefficient (Wildman–Crippen LogP) is 3.10. The average molecular weight is 333 g/mol. The molecule has 5 nitrogen and oxygen atoms in total. The van der Waals surface area contributed by atoms with Crippen molar-refractivity contribution in [2.24, 2.45) is 0 Å². The fourth-order valence-electron chi connectivity index (χ4n) is 2.02. The highest BCUT2D eigenvalue weighted by atomic mass is 32.1. The molecule has 1 N–H and O–H groups in total. The Morgan fingerprint density at radius 3 is 2.70 bits per heavy atom. The number of ether oxygens (including phenoxy) is 2. The number of amides is 1. The van der Waals surface area contributed by atoms with E-state index >= 15 is 0 Å². The number of hydrogen-bond acceptors (Lipinski definition) is 5. The summed E-state index contributed by atoms with van der Waals surface area (Å²) in [5.41, 5.74) is 0.915. The third-order valence-corrected chi connectivity index (χ3v) is 4.23. The van der Waals surface area contributed by atoms with Crippen LogP contribution in [0.1, 0.15) is 33.1 Å². The van der Waals surface area contributed by atoms with Gasteiger partial charge in [0, 0.05) is 4.88 Å². The van der Waals surface area contributed by atoms with E-state index in [9.17, 15) is 9.59 Å². The van der Waals surface area contributed by atoms with Gasteiger partial charge in [0.1, 0.15) is 10.6 Å². The van der Waals surface area contributed by atoms with E-state index in [1.54, 1.807) is 13.2 Å². The van der Waals surface area contributed by atoms with Crippen LogP contribution in [0, 0.1) is 6.92 Å². The van der Waals surface area contributed by atoms with E-state index in [0.29, 0.717) is 4.88 Å². The Morgan fingerprint density at radius 1 is 1.26 bits per heavy atom. The van der Waals surface area contributed by atoms with Gasteiger partial charge in [-0.1, -0.05) is 12.1 Å². The number of benzene rings is 1. The van der Waals surface area contributed by atoms with Crippen molar-refractivity contribution < 1.29 is 19.1 Å². The van der Waals surface area contributed by atoms with Crippen molar-refractivity contribution in [2.75, 3.05) is 13.7 Å². The monoisotopic (exact) mass is 333 g/mol. The minimum atomic E-state index is -0.479. The van der Waals surface area contributed by atoms with E-state index in [1.807, 2.05) is 44.2 Å². The van der Waals surface area contributed by atoms with Gasteiger partial charge in [0.25, 0.3) is 5.91 Å². The maximum absolute atomic E-state index is 11.9. The van der Waals surface area contributed by atoms with E-state index in [0.717, 1.165) is 16.2 Å². The molecule has 0 unspecified atom stereocenters. The first-order valence-electron chi connectivity index (χ1n) is 7.16. The van der Waals surface area contributed by atoms with Crippen LogP contribution in [0.15, 0.2) is 36.4 Å². The van der Waals surface area contributed by atoms with Gasteiger partial charge in [-0.2, -0.15) is 0 Å². The molecule has 2 aromatic rings. The number of hydrogen-bond donors (Lipinski definition) is 1. The Morgan fingerprint density at radius 2 is 2.04 bits per heavy atom. The Hall–Kier alpha value is -2.34. The summed E-state index contributed by atoms with van der Waals surface area (Å²) in [5.74, 6) is -0.0997. The smallest absolute Gasteiger partial charge is 0.348 e. The highest BCUT2D eigenvalue weighted by molar-refractivity contribution is 7.13. The van der Waals surface area contributed by atoms with Crippen molar-refractivity contribution in [3.05, 3.63) is 51.7 Å². The highest BCUT2D eigenvalue weighted by Gasteiger charge is 2.14. The molecule has 0 saturated carbocycles.